The Kier molecular flexibility index (Phi) is 6.14. The fourth-order valence-corrected chi connectivity index (χ4v) is 1.76. The second-order valence-electron chi connectivity index (χ2n) is 3.25. The van der Waals surface area contributed by atoms with Crippen molar-refractivity contribution in [3.05, 3.63) is 32.3 Å². The largest absolute Gasteiger partial charge is 0.488 e. The smallest absolute Gasteiger partial charge is 0.272 e. The Labute approximate surface area is 114 Å². The van der Waals surface area contributed by atoms with Crippen molar-refractivity contribution in [3.8, 4) is 5.75 Å². The van der Waals surface area contributed by atoms with E-state index >= 15 is 0 Å². The summed E-state index contributed by atoms with van der Waals surface area (Å²) >= 11 is 11.7. The number of nitro benzene ring substituents is 1. The normalized spacial score (nSPS) is 10.4. The van der Waals surface area contributed by atoms with E-state index in [2.05, 4.69) is 0 Å². The fourth-order valence-electron chi connectivity index (χ4n) is 1.18. The van der Waals surface area contributed by atoms with E-state index in [1.54, 1.807) is 0 Å². The van der Waals surface area contributed by atoms with Crippen LogP contribution in [0.3, 0.4) is 0 Å². The molecule has 2 N–H and O–H groups in total. The van der Waals surface area contributed by atoms with Gasteiger partial charge in [0.25, 0.3) is 5.69 Å². The molecule has 0 aliphatic rings. The molecular formula is C10H12Cl2N2O4. The maximum absolute atomic E-state index is 10.6. The molecule has 0 amide bonds. The van der Waals surface area contributed by atoms with Crippen LogP contribution in [0.5, 0.6) is 5.75 Å². The van der Waals surface area contributed by atoms with Crippen molar-refractivity contribution in [2.45, 2.75) is 0 Å². The number of rotatable bonds is 7. The number of benzene rings is 1. The van der Waals surface area contributed by atoms with Gasteiger partial charge in [0.05, 0.1) is 28.2 Å². The molecule has 0 aromatic heterocycles. The van der Waals surface area contributed by atoms with Crippen LogP contribution >= 0.6 is 23.2 Å². The number of hydrogen-bond acceptors (Lipinski definition) is 5. The predicted molar refractivity (Wildman–Crippen MR) is 68.5 cm³/mol. The zero-order valence-corrected chi connectivity index (χ0v) is 10.9. The predicted octanol–water partition coefficient (Wildman–Crippen LogP) is 2.26. The lowest BCUT2D eigenvalue weighted by Gasteiger charge is -2.09. The maximum atomic E-state index is 10.6. The molecule has 0 heterocycles. The highest BCUT2D eigenvalue weighted by atomic mass is 35.5. The standard InChI is InChI=1S/C10H12Cl2N2O4/c11-8-5-7(14(15)16)6-9(12)10(8)18-4-3-17-2-1-13/h5-6H,1-4,13H2. The molecule has 1 aromatic rings. The van der Waals surface area contributed by atoms with Crippen molar-refractivity contribution in [3.63, 3.8) is 0 Å². The van der Waals surface area contributed by atoms with Crippen molar-refractivity contribution in [2.24, 2.45) is 5.73 Å². The van der Waals surface area contributed by atoms with E-state index in [0.717, 1.165) is 0 Å². The summed E-state index contributed by atoms with van der Waals surface area (Å²) in [4.78, 5) is 9.99. The molecule has 0 radical (unpaired) electrons. The summed E-state index contributed by atoms with van der Waals surface area (Å²) in [6.45, 7) is 1.43. The quantitative estimate of drug-likeness (QED) is 0.473. The molecule has 0 fully saturated rings. The van der Waals surface area contributed by atoms with Crippen LogP contribution in [0.15, 0.2) is 12.1 Å². The molecule has 18 heavy (non-hydrogen) atoms. The van der Waals surface area contributed by atoms with Crippen LogP contribution < -0.4 is 10.5 Å². The van der Waals surface area contributed by atoms with E-state index in [9.17, 15) is 10.1 Å². The van der Waals surface area contributed by atoms with Crippen LogP contribution in [0.2, 0.25) is 10.0 Å². The summed E-state index contributed by atoms with van der Waals surface area (Å²) in [5.74, 6) is 0.209. The first-order valence-corrected chi connectivity index (χ1v) is 5.86. The minimum absolute atomic E-state index is 0.0908. The summed E-state index contributed by atoms with van der Waals surface area (Å²) in [6, 6.07) is 2.37. The first-order valence-electron chi connectivity index (χ1n) is 5.10. The molecule has 0 saturated heterocycles. The fraction of sp³-hybridized carbons (Fsp3) is 0.400. The van der Waals surface area contributed by atoms with Crippen LogP contribution in [0, 0.1) is 10.1 Å². The Hall–Kier alpha value is -1.08. The Morgan fingerprint density at radius 3 is 2.33 bits per heavy atom. The Balaban J connectivity index is 2.63. The maximum Gasteiger partial charge on any atom is 0.272 e. The van der Waals surface area contributed by atoms with E-state index in [-0.39, 0.29) is 28.1 Å². The van der Waals surface area contributed by atoms with Gasteiger partial charge in [-0.05, 0) is 0 Å². The molecule has 0 spiro atoms. The molecule has 0 aliphatic heterocycles. The topological polar surface area (TPSA) is 87.6 Å². The molecule has 0 bridgehead atoms. The average Bonchev–Trinajstić information content (AvgIpc) is 2.31. The number of nitrogens with two attached hydrogens (primary N) is 1. The van der Waals surface area contributed by atoms with Gasteiger partial charge >= 0.3 is 0 Å². The summed E-state index contributed by atoms with van der Waals surface area (Å²) in [5, 5.41) is 10.7. The lowest BCUT2D eigenvalue weighted by atomic mass is 10.3. The number of non-ortho nitro benzene ring substituents is 1. The molecule has 6 nitrogen and oxygen atoms in total. The molecule has 0 atom stereocenters. The number of nitrogens with zero attached hydrogens (tertiary/aromatic N) is 1. The van der Waals surface area contributed by atoms with Crippen LogP contribution in [-0.4, -0.2) is 31.3 Å². The molecule has 0 unspecified atom stereocenters. The van der Waals surface area contributed by atoms with Crippen molar-refractivity contribution >= 4 is 28.9 Å². The Morgan fingerprint density at radius 2 is 1.83 bits per heavy atom. The monoisotopic (exact) mass is 294 g/mol. The van der Waals surface area contributed by atoms with Gasteiger partial charge in [-0.15, -0.1) is 0 Å². The zero-order chi connectivity index (χ0) is 13.5. The van der Waals surface area contributed by atoms with Crippen molar-refractivity contribution < 1.29 is 14.4 Å². The highest BCUT2D eigenvalue weighted by Crippen LogP contribution is 2.36. The second kappa shape index (κ2) is 7.38. The minimum Gasteiger partial charge on any atom is -0.488 e. The van der Waals surface area contributed by atoms with Gasteiger partial charge in [-0.2, -0.15) is 0 Å². The van der Waals surface area contributed by atoms with Gasteiger partial charge in [-0.25, -0.2) is 0 Å². The van der Waals surface area contributed by atoms with Gasteiger partial charge in [0, 0.05) is 18.7 Å². The highest BCUT2D eigenvalue weighted by molar-refractivity contribution is 6.37. The zero-order valence-electron chi connectivity index (χ0n) is 9.40. The van der Waals surface area contributed by atoms with Crippen LogP contribution in [0.1, 0.15) is 0 Å². The van der Waals surface area contributed by atoms with Gasteiger partial charge in [0.2, 0.25) is 0 Å². The lowest BCUT2D eigenvalue weighted by Crippen LogP contribution is -2.13. The van der Waals surface area contributed by atoms with Gasteiger partial charge in [-0.1, -0.05) is 23.2 Å². The van der Waals surface area contributed by atoms with E-state index in [0.29, 0.717) is 19.8 Å². The van der Waals surface area contributed by atoms with Crippen LogP contribution in [0.4, 0.5) is 5.69 Å². The number of nitro groups is 1. The third kappa shape index (κ3) is 4.30. The van der Waals surface area contributed by atoms with Gasteiger partial charge in [-0.3, -0.25) is 10.1 Å². The molecule has 0 saturated carbocycles. The van der Waals surface area contributed by atoms with Crippen molar-refractivity contribution in [1.82, 2.24) is 0 Å². The van der Waals surface area contributed by atoms with Crippen molar-refractivity contribution in [1.29, 1.82) is 0 Å². The SMILES string of the molecule is NCCOCCOc1c(Cl)cc([N+](=O)[O-])cc1Cl. The van der Waals surface area contributed by atoms with E-state index in [1.165, 1.54) is 12.1 Å². The molecule has 1 aromatic carbocycles. The first-order chi connectivity index (χ1) is 8.56. The third-order valence-corrected chi connectivity index (χ3v) is 2.49. The number of ether oxygens (including phenoxy) is 2. The summed E-state index contributed by atoms with van der Waals surface area (Å²) < 4.78 is 10.4. The van der Waals surface area contributed by atoms with Gasteiger partial charge < -0.3 is 15.2 Å². The lowest BCUT2D eigenvalue weighted by molar-refractivity contribution is -0.384. The van der Waals surface area contributed by atoms with Crippen molar-refractivity contribution in [2.75, 3.05) is 26.4 Å². The first kappa shape index (κ1) is 15.0. The minimum atomic E-state index is -0.577. The summed E-state index contributed by atoms with van der Waals surface area (Å²) in [7, 11) is 0. The molecule has 100 valence electrons. The number of hydrogen-bond donors (Lipinski definition) is 1. The Bertz CT molecular complexity index is 405. The summed E-state index contributed by atoms with van der Waals surface area (Å²) in [6.07, 6.45) is 0. The van der Waals surface area contributed by atoms with Gasteiger partial charge in [0.1, 0.15) is 6.61 Å². The van der Waals surface area contributed by atoms with E-state index in [4.69, 9.17) is 38.4 Å². The van der Waals surface area contributed by atoms with Gasteiger partial charge in [0.15, 0.2) is 5.75 Å². The Morgan fingerprint density at radius 1 is 1.22 bits per heavy atom. The highest BCUT2D eigenvalue weighted by Gasteiger charge is 2.15. The van der Waals surface area contributed by atoms with Crippen LogP contribution in [0.25, 0.3) is 0 Å². The summed E-state index contributed by atoms with van der Waals surface area (Å²) in [5.41, 5.74) is 5.06. The molecule has 8 heteroatoms. The van der Waals surface area contributed by atoms with Crippen LogP contribution in [-0.2, 0) is 4.74 Å². The number of halogens is 2. The third-order valence-electron chi connectivity index (χ3n) is 1.93. The molecular weight excluding hydrogens is 283 g/mol. The average molecular weight is 295 g/mol. The van der Waals surface area contributed by atoms with E-state index < -0.39 is 4.92 Å². The second-order valence-corrected chi connectivity index (χ2v) is 4.06. The molecule has 1 rings (SSSR count). The van der Waals surface area contributed by atoms with E-state index in [1.807, 2.05) is 0 Å². The molecule has 0 aliphatic carbocycles.